The summed E-state index contributed by atoms with van der Waals surface area (Å²) >= 11 is 1.55. The zero-order chi connectivity index (χ0) is 19.2. The van der Waals surface area contributed by atoms with Gasteiger partial charge in [-0.2, -0.15) is 0 Å². The molecule has 1 aliphatic rings. The first-order valence-corrected chi connectivity index (χ1v) is 11.1. The maximum Gasteiger partial charge on any atom is 0.262 e. The maximum absolute atomic E-state index is 12.8. The second-order valence-corrected chi connectivity index (χ2v) is 9.66. The molecule has 3 aromatic rings. The maximum atomic E-state index is 12.8. The number of thiophene rings is 1. The summed E-state index contributed by atoms with van der Waals surface area (Å²) in [5, 5.41) is 3.26. The third-order valence-electron chi connectivity index (χ3n) is 4.55. The van der Waals surface area contributed by atoms with Gasteiger partial charge in [-0.1, -0.05) is 6.07 Å². The molecule has 0 spiro atoms. The van der Waals surface area contributed by atoms with Gasteiger partial charge in [-0.3, -0.25) is 14.2 Å². The molecule has 1 amide bonds. The quantitative estimate of drug-likeness (QED) is 0.718. The fourth-order valence-electron chi connectivity index (χ4n) is 3.29. The van der Waals surface area contributed by atoms with Gasteiger partial charge in [0, 0.05) is 16.8 Å². The van der Waals surface area contributed by atoms with Crippen LogP contribution in [0.5, 0.6) is 0 Å². The van der Waals surface area contributed by atoms with Gasteiger partial charge in [0.2, 0.25) is 5.91 Å². The van der Waals surface area contributed by atoms with Gasteiger partial charge < -0.3 is 5.32 Å². The van der Waals surface area contributed by atoms with Crippen LogP contribution in [-0.2, 0) is 34.0 Å². The van der Waals surface area contributed by atoms with Crippen LogP contribution in [0.1, 0.15) is 16.9 Å². The first-order chi connectivity index (χ1) is 12.8. The number of carbonyl (C=O) groups excluding carboxylic acids is 1. The number of aryl methyl sites for hydroxylation is 2. The van der Waals surface area contributed by atoms with Crippen LogP contribution < -0.4 is 10.9 Å². The number of aromatic nitrogens is 2. The van der Waals surface area contributed by atoms with Crippen molar-refractivity contribution < 1.29 is 13.2 Å². The normalized spacial score (nSPS) is 13.7. The van der Waals surface area contributed by atoms with Crippen molar-refractivity contribution in [3.05, 3.63) is 51.4 Å². The first-order valence-electron chi connectivity index (χ1n) is 8.42. The molecule has 9 heteroatoms. The average Bonchev–Trinajstić information content (AvgIpc) is 3.17. The van der Waals surface area contributed by atoms with Crippen molar-refractivity contribution in [3.8, 4) is 0 Å². The first kappa shape index (κ1) is 17.9. The Morgan fingerprint density at radius 1 is 1.33 bits per heavy atom. The number of amides is 1. The third kappa shape index (κ3) is 3.40. The second kappa shape index (κ2) is 6.58. The van der Waals surface area contributed by atoms with Crippen LogP contribution >= 0.6 is 11.3 Å². The lowest BCUT2D eigenvalue weighted by molar-refractivity contribution is -0.116. The van der Waals surface area contributed by atoms with Crippen molar-refractivity contribution in [1.82, 2.24) is 9.55 Å². The van der Waals surface area contributed by atoms with E-state index in [1.165, 1.54) is 27.9 Å². The molecule has 0 saturated carbocycles. The van der Waals surface area contributed by atoms with E-state index in [1.54, 1.807) is 23.5 Å². The molecule has 0 aliphatic heterocycles. The second-order valence-electron chi connectivity index (χ2n) is 6.56. The molecule has 2 aromatic heterocycles. The van der Waals surface area contributed by atoms with E-state index in [4.69, 9.17) is 0 Å². The van der Waals surface area contributed by atoms with Crippen LogP contribution in [0.15, 0.2) is 40.3 Å². The fourth-order valence-corrected chi connectivity index (χ4v) is 5.18. The summed E-state index contributed by atoms with van der Waals surface area (Å²) < 4.78 is 24.6. The molecule has 7 nitrogen and oxygen atoms in total. The molecule has 1 aliphatic carbocycles. The summed E-state index contributed by atoms with van der Waals surface area (Å²) in [4.78, 5) is 31.5. The van der Waals surface area contributed by atoms with Gasteiger partial charge in [-0.05, 0) is 43.0 Å². The monoisotopic (exact) mass is 403 g/mol. The topological polar surface area (TPSA) is 98.1 Å². The fraction of sp³-hybridized carbons (Fsp3) is 0.278. The van der Waals surface area contributed by atoms with Crippen molar-refractivity contribution in [1.29, 1.82) is 0 Å². The van der Waals surface area contributed by atoms with Gasteiger partial charge in [0.05, 0.1) is 16.6 Å². The highest BCUT2D eigenvalue weighted by molar-refractivity contribution is 7.90. The summed E-state index contributed by atoms with van der Waals surface area (Å²) in [5.74, 6) is -0.421. The van der Waals surface area contributed by atoms with Gasteiger partial charge >= 0.3 is 0 Å². The van der Waals surface area contributed by atoms with E-state index in [1.807, 2.05) is 0 Å². The van der Waals surface area contributed by atoms with E-state index in [-0.39, 0.29) is 17.0 Å². The summed E-state index contributed by atoms with van der Waals surface area (Å²) in [6, 6.07) is 6.01. The molecule has 2 heterocycles. The summed E-state index contributed by atoms with van der Waals surface area (Å²) in [7, 11) is -3.37. The largest absolute Gasteiger partial charge is 0.324 e. The predicted molar refractivity (Wildman–Crippen MR) is 104 cm³/mol. The van der Waals surface area contributed by atoms with E-state index < -0.39 is 15.7 Å². The third-order valence-corrected chi connectivity index (χ3v) is 6.86. The highest BCUT2D eigenvalue weighted by Crippen LogP contribution is 2.34. The van der Waals surface area contributed by atoms with Crippen molar-refractivity contribution in [2.24, 2.45) is 0 Å². The molecule has 0 fully saturated rings. The van der Waals surface area contributed by atoms with Crippen molar-refractivity contribution >= 4 is 43.0 Å². The number of rotatable bonds is 4. The highest BCUT2D eigenvalue weighted by atomic mass is 32.2. The average molecular weight is 403 g/mol. The van der Waals surface area contributed by atoms with Crippen LogP contribution in [0.25, 0.3) is 10.2 Å². The zero-order valence-corrected chi connectivity index (χ0v) is 16.2. The lowest BCUT2D eigenvalue weighted by Crippen LogP contribution is -2.28. The summed E-state index contributed by atoms with van der Waals surface area (Å²) in [6.45, 7) is -0.185. The Kier molecular flexibility index (Phi) is 4.35. The Labute approximate surface area is 159 Å². The lowest BCUT2D eigenvalue weighted by atomic mass is 10.2. The standard InChI is InChI=1S/C18H17N3O4S2/c1-27(24,25)12-5-2-4-11(8-12)20-15(22)9-21-10-19-17-16(18(21)23)13-6-3-7-14(13)26-17/h2,4-5,8,10H,3,6-7,9H2,1H3,(H,20,22). The molecule has 1 aromatic carbocycles. The number of anilines is 1. The van der Waals surface area contributed by atoms with Gasteiger partial charge in [0.1, 0.15) is 11.4 Å². The molecule has 4 rings (SSSR count). The van der Waals surface area contributed by atoms with E-state index in [2.05, 4.69) is 10.3 Å². The van der Waals surface area contributed by atoms with Crippen LogP contribution in [0.4, 0.5) is 5.69 Å². The van der Waals surface area contributed by atoms with Crippen LogP contribution in [0.2, 0.25) is 0 Å². The lowest BCUT2D eigenvalue weighted by Gasteiger charge is -2.08. The molecule has 0 bridgehead atoms. The molecule has 27 heavy (non-hydrogen) atoms. The summed E-state index contributed by atoms with van der Waals surface area (Å²) in [6.07, 6.45) is 5.40. The number of carbonyl (C=O) groups is 1. The smallest absolute Gasteiger partial charge is 0.262 e. The van der Waals surface area contributed by atoms with Crippen molar-refractivity contribution in [3.63, 3.8) is 0 Å². The zero-order valence-electron chi connectivity index (χ0n) is 14.6. The Bertz CT molecular complexity index is 1230. The van der Waals surface area contributed by atoms with Crippen LogP contribution in [0, 0.1) is 0 Å². The Morgan fingerprint density at radius 2 is 2.15 bits per heavy atom. The molecular formula is C18H17N3O4S2. The van der Waals surface area contributed by atoms with E-state index >= 15 is 0 Å². The van der Waals surface area contributed by atoms with Gasteiger partial charge in [0.15, 0.2) is 9.84 Å². The van der Waals surface area contributed by atoms with Gasteiger partial charge in [0.25, 0.3) is 5.56 Å². The minimum atomic E-state index is -3.37. The molecule has 0 radical (unpaired) electrons. The number of nitrogens with zero attached hydrogens (tertiary/aromatic N) is 2. The molecule has 140 valence electrons. The van der Waals surface area contributed by atoms with Gasteiger partial charge in [-0.15, -0.1) is 11.3 Å². The number of hydrogen-bond acceptors (Lipinski definition) is 6. The Morgan fingerprint density at radius 3 is 2.93 bits per heavy atom. The number of fused-ring (bicyclic) bond motifs is 3. The molecule has 0 unspecified atom stereocenters. The van der Waals surface area contributed by atoms with Crippen LogP contribution in [0.3, 0.4) is 0 Å². The SMILES string of the molecule is CS(=O)(=O)c1cccc(NC(=O)Cn2cnc3sc4c(c3c2=O)CCC4)c1. The number of hydrogen-bond donors (Lipinski definition) is 1. The number of sulfone groups is 1. The Hall–Kier alpha value is -2.52. The minimum Gasteiger partial charge on any atom is -0.324 e. The van der Waals surface area contributed by atoms with Crippen molar-refractivity contribution in [2.75, 3.05) is 11.6 Å². The number of nitrogens with one attached hydrogen (secondary N) is 1. The van der Waals surface area contributed by atoms with E-state index in [0.29, 0.717) is 11.1 Å². The van der Waals surface area contributed by atoms with E-state index in [9.17, 15) is 18.0 Å². The number of benzene rings is 1. The molecule has 0 saturated heterocycles. The summed E-state index contributed by atoms with van der Waals surface area (Å²) in [5.41, 5.74) is 1.23. The molecular weight excluding hydrogens is 386 g/mol. The van der Waals surface area contributed by atoms with Gasteiger partial charge in [-0.25, -0.2) is 13.4 Å². The van der Waals surface area contributed by atoms with Crippen LogP contribution in [-0.4, -0.2) is 30.1 Å². The molecule has 1 N–H and O–H groups in total. The predicted octanol–water partition coefficient (Wildman–Crippen LogP) is 1.99. The molecule has 0 atom stereocenters. The Balaban J connectivity index is 1.59. The highest BCUT2D eigenvalue weighted by Gasteiger charge is 2.21. The van der Waals surface area contributed by atoms with E-state index in [0.717, 1.165) is 35.9 Å². The minimum absolute atomic E-state index is 0.120. The van der Waals surface area contributed by atoms with Crippen molar-refractivity contribution in [2.45, 2.75) is 30.7 Å².